The van der Waals surface area contributed by atoms with Gasteiger partial charge in [-0.15, -0.1) is 0 Å². The molecule has 1 aliphatic carbocycles. The van der Waals surface area contributed by atoms with E-state index in [1.165, 1.54) is 30.3 Å². The van der Waals surface area contributed by atoms with Gasteiger partial charge < -0.3 is 5.32 Å². The van der Waals surface area contributed by atoms with Crippen LogP contribution < -0.4 is 10.6 Å². The Morgan fingerprint density at radius 3 is 2.33 bits per heavy atom. The summed E-state index contributed by atoms with van der Waals surface area (Å²) in [5.41, 5.74) is 0.965. The molecule has 24 heavy (non-hydrogen) atoms. The third-order valence-electron chi connectivity index (χ3n) is 4.04. The molecule has 1 aliphatic rings. The Balaban J connectivity index is 1.89. The SMILES string of the molecule is Fc1ccc(C(NCC2CC2)c2ccccc2)cc1NC(F)(F)F. The van der Waals surface area contributed by atoms with Crippen LogP contribution in [0.25, 0.3) is 0 Å². The van der Waals surface area contributed by atoms with Crippen LogP contribution in [0.5, 0.6) is 0 Å². The van der Waals surface area contributed by atoms with Crippen LogP contribution in [-0.2, 0) is 0 Å². The second kappa shape index (κ2) is 6.81. The number of rotatable bonds is 6. The Bertz CT molecular complexity index is 681. The molecule has 2 aromatic carbocycles. The van der Waals surface area contributed by atoms with Crippen LogP contribution in [0.3, 0.4) is 0 Å². The van der Waals surface area contributed by atoms with E-state index in [1.54, 1.807) is 0 Å². The zero-order valence-electron chi connectivity index (χ0n) is 12.9. The van der Waals surface area contributed by atoms with Gasteiger partial charge in [0.25, 0.3) is 0 Å². The van der Waals surface area contributed by atoms with Gasteiger partial charge in [-0.1, -0.05) is 36.4 Å². The highest BCUT2D eigenvalue weighted by Gasteiger charge is 2.29. The van der Waals surface area contributed by atoms with Crippen molar-refractivity contribution in [3.05, 3.63) is 65.5 Å². The van der Waals surface area contributed by atoms with Gasteiger partial charge in [-0.3, -0.25) is 5.32 Å². The van der Waals surface area contributed by atoms with Gasteiger partial charge >= 0.3 is 6.30 Å². The summed E-state index contributed by atoms with van der Waals surface area (Å²) in [6.07, 6.45) is -2.35. The van der Waals surface area contributed by atoms with Crippen molar-refractivity contribution in [3.63, 3.8) is 0 Å². The molecule has 1 saturated carbocycles. The Hall–Kier alpha value is -2.08. The molecule has 2 nitrogen and oxygen atoms in total. The first-order chi connectivity index (χ1) is 11.4. The number of nitrogens with one attached hydrogen (secondary N) is 2. The van der Waals surface area contributed by atoms with E-state index in [0.717, 1.165) is 18.2 Å². The number of anilines is 1. The summed E-state index contributed by atoms with van der Waals surface area (Å²) >= 11 is 0. The zero-order chi connectivity index (χ0) is 17.2. The topological polar surface area (TPSA) is 24.1 Å². The molecule has 0 saturated heterocycles. The van der Waals surface area contributed by atoms with Crippen LogP contribution >= 0.6 is 0 Å². The summed E-state index contributed by atoms with van der Waals surface area (Å²) in [6, 6.07) is 13.0. The average molecular weight is 338 g/mol. The Morgan fingerprint density at radius 1 is 1.00 bits per heavy atom. The van der Waals surface area contributed by atoms with Gasteiger partial charge in [0.2, 0.25) is 0 Å². The fraction of sp³-hybridized carbons (Fsp3) is 0.333. The molecule has 6 heteroatoms. The molecular weight excluding hydrogens is 320 g/mol. The highest BCUT2D eigenvalue weighted by molar-refractivity contribution is 5.50. The van der Waals surface area contributed by atoms with Gasteiger partial charge in [0.15, 0.2) is 0 Å². The minimum Gasteiger partial charge on any atom is -0.306 e. The molecule has 0 aromatic heterocycles. The van der Waals surface area contributed by atoms with E-state index in [4.69, 9.17) is 0 Å². The van der Waals surface area contributed by atoms with Crippen LogP contribution in [0.1, 0.15) is 30.0 Å². The lowest BCUT2D eigenvalue weighted by Crippen LogP contribution is -2.25. The predicted molar refractivity (Wildman–Crippen MR) is 85.1 cm³/mol. The fourth-order valence-electron chi connectivity index (χ4n) is 2.65. The molecule has 2 N–H and O–H groups in total. The molecular formula is C18H18F4N2. The fourth-order valence-corrected chi connectivity index (χ4v) is 2.65. The lowest BCUT2D eigenvalue weighted by Gasteiger charge is -2.21. The maximum atomic E-state index is 13.7. The van der Waals surface area contributed by atoms with Crippen molar-refractivity contribution in [1.29, 1.82) is 0 Å². The maximum absolute atomic E-state index is 13.7. The zero-order valence-corrected chi connectivity index (χ0v) is 12.9. The van der Waals surface area contributed by atoms with Crippen LogP contribution in [0.2, 0.25) is 0 Å². The molecule has 0 spiro atoms. The standard InChI is InChI=1S/C18H18F4N2/c19-15-9-8-14(10-16(15)24-18(20,21)22)17(23-11-12-6-7-12)13-4-2-1-3-5-13/h1-5,8-10,12,17,23-24H,6-7,11H2. The van der Waals surface area contributed by atoms with Gasteiger partial charge in [-0.2, -0.15) is 13.2 Å². The second-order valence-electron chi connectivity index (χ2n) is 6.06. The summed E-state index contributed by atoms with van der Waals surface area (Å²) in [5.74, 6) is -0.311. The van der Waals surface area contributed by atoms with E-state index in [1.807, 2.05) is 30.3 Å². The highest BCUT2D eigenvalue weighted by Crippen LogP contribution is 2.32. The van der Waals surface area contributed by atoms with Gasteiger partial charge in [0.05, 0.1) is 11.7 Å². The lowest BCUT2D eigenvalue weighted by molar-refractivity contribution is -0.100. The number of benzene rings is 2. The molecule has 3 rings (SSSR count). The van der Waals surface area contributed by atoms with Crippen molar-refractivity contribution < 1.29 is 17.6 Å². The largest absolute Gasteiger partial charge is 0.482 e. The Kier molecular flexibility index (Phi) is 4.76. The molecule has 0 bridgehead atoms. The van der Waals surface area contributed by atoms with E-state index in [-0.39, 0.29) is 6.04 Å². The van der Waals surface area contributed by atoms with Gasteiger partial charge in [-0.25, -0.2) is 4.39 Å². The van der Waals surface area contributed by atoms with E-state index >= 15 is 0 Å². The molecule has 0 heterocycles. The van der Waals surface area contributed by atoms with E-state index < -0.39 is 17.8 Å². The van der Waals surface area contributed by atoms with Crippen molar-refractivity contribution in [2.24, 2.45) is 5.92 Å². The van der Waals surface area contributed by atoms with Crippen molar-refractivity contribution in [3.8, 4) is 0 Å². The number of halogens is 4. The number of hydrogen-bond donors (Lipinski definition) is 2. The van der Waals surface area contributed by atoms with Crippen LogP contribution in [0.4, 0.5) is 23.2 Å². The summed E-state index contributed by atoms with van der Waals surface area (Å²) in [5, 5.41) is 4.66. The van der Waals surface area contributed by atoms with E-state index in [9.17, 15) is 17.6 Å². The summed E-state index contributed by atoms with van der Waals surface area (Å²) in [4.78, 5) is 0. The lowest BCUT2D eigenvalue weighted by atomic mass is 9.98. The van der Waals surface area contributed by atoms with Crippen molar-refractivity contribution in [2.75, 3.05) is 11.9 Å². The van der Waals surface area contributed by atoms with E-state index in [2.05, 4.69) is 5.32 Å². The minimum absolute atomic E-state index is 0.277. The Labute approximate surface area is 137 Å². The predicted octanol–water partition coefficient (Wildman–Crippen LogP) is 4.85. The molecule has 1 atom stereocenters. The van der Waals surface area contributed by atoms with Crippen LogP contribution in [0, 0.1) is 11.7 Å². The molecule has 2 aromatic rings. The number of alkyl halides is 3. The first kappa shape index (κ1) is 16.8. The van der Waals surface area contributed by atoms with Crippen LogP contribution in [0.15, 0.2) is 48.5 Å². The van der Waals surface area contributed by atoms with Crippen LogP contribution in [-0.4, -0.2) is 12.8 Å². The molecule has 1 unspecified atom stereocenters. The summed E-state index contributed by atoms with van der Waals surface area (Å²) < 4.78 is 51.3. The third kappa shape index (κ3) is 4.47. The van der Waals surface area contributed by atoms with E-state index in [0.29, 0.717) is 11.5 Å². The highest BCUT2D eigenvalue weighted by atomic mass is 19.4. The summed E-state index contributed by atoms with van der Waals surface area (Å²) in [7, 11) is 0. The molecule has 0 amide bonds. The average Bonchev–Trinajstić information content (AvgIpc) is 3.34. The van der Waals surface area contributed by atoms with Gasteiger partial charge in [0, 0.05) is 0 Å². The molecule has 0 aliphatic heterocycles. The quantitative estimate of drug-likeness (QED) is 0.581. The smallest absolute Gasteiger partial charge is 0.306 e. The first-order valence-corrected chi connectivity index (χ1v) is 7.85. The minimum atomic E-state index is -4.68. The first-order valence-electron chi connectivity index (χ1n) is 7.85. The second-order valence-corrected chi connectivity index (χ2v) is 6.06. The third-order valence-corrected chi connectivity index (χ3v) is 4.04. The Morgan fingerprint density at radius 2 is 1.71 bits per heavy atom. The monoisotopic (exact) mass is 338 g/mol. The molecule has 128 valence electrons. The number of hydrogen-bond acceptors (Lipinski definition) is 2. The normalized spacial score (nSPS) is 16.0. The van der Waals surface area contributed by atoms with Gasteiger partial charge in [-0.05, 0) is 48.6 Å². The molecule has 1 fully saturated rings. The van der Waals surface area contributed by atoms with Crippen molar-refractivity contribution in [2.45, 2.75) is 25.2 Å². The maximum Gasteiger partial charge on any atom is 0.482 e. The van der Waals surface area contributed by atoms with Crippen molar-refractivity contribution >= 4 is 5.69 Å². The van der Waals surface area contributed by atoms with Crippen molar-refractivity contribution in [1.82, 2.24) is 5.32 Å². The molecule has 0 radical (unpaired) electrons. The van der Waals surface area contributed by atoms with Gasteiger partial charge in [0.1, 0.15) is 5.82 Å². The summed E-state index contributed by atoms with van der Waals surface area (Å²) in [6.45, 7) is 0.791.